The first-order valence-electron chi connectivity index (χ1n) is 12.0. The van der Waals surface area contributed by atoms with E-state index >= 15 is 0 Å². The van der Waals surface area contributed by atoms with Crippen LogP contribution in [0.25, 0.3) is 0 Å². The summed E-state index contributed by atoms with van der Waals surface area (Å²) in [6.07, 6.45) is 7.22. The Balaban J connectivity index is 1.39. The van der Waals surface area contributed by atoms with E-state index in [1.807, 2.05) is 30.6 Å². The molecule has 0 unspecified atom stereocenters. The van der Waals surface area contributed by atoms with E-state index in [1.165, 1.54) is 31.5 Å². The summed E-state index contributed by atoms with van der Waals surface area (Å²) in [5.41, 5.74) is 2.25. The van der Waals surface area contributed by atoms with Crippen molar-refractivity contribution < 1.29 is 14.3 Å². The summed E-state index contributed by atoms with van der Waals surface area (Å²) in [4.78, 5) is 22.4. The molecule has 178 valence electrons. The highest BCUT2D eigenvalue weighted by Gasteiger charge is 2.32. The van der Waals surface area contributed by atoms with Gasteiger partial charge in [0.25, 0.3) is 0 Å². The molecule has 2 aromatic rings. The first-order valence-corrected chi connectivity index (χ1v) is 12.0. The van der Waals surface area contributed by atoms with Crippen molar-refractivity contribution in [3.05, 3.63) is 53.9 Å². The van der Waals surface area contributed by atoms with Crippen molar-refractivity contribution in [3.8, 4) is 11.5 Å². The smallest absolute Gasteiger partial charge is 0.224 e. The predicted octanol–water partition coefficient (Wildman–Crippen LogP) is 2.95. The van der Waals surface area contributed by atoms with Crippen LogP contribution in [0.3, 0.4) is 0 Å². The largest absolute Gasteiger partial charge is 0.493 e. The average molecular weight is 453 g/mol. The van der Waals surface area contributed by atoms with E-state index in [9.17, 15) is 4.79 Å². The van der Waals surface area contributed by atoms with Crippen LogP contribution in [0.15, 0.2) is 42.7 Å². The molecule has 3 heterocycles. The molecule has 1 N–H and O–H groups in total. The number of pyridine rings is 1. The summed E-state index contributed by atoms with van der Waals surface area (Å²) in [6, 6.07) is 9.90. The minimum Gasteiger partial charge on any atom is -0.493 e. The number of carbonyl (C=O) groups excluding carboxylic acids is 1. The second-order valence-electron chi connectivity index (χ2n) is 9.26. The third kappa shape index (κ3) is 6.45. The van der Waals surface area contributed by atoms with E-state index in [0.717, 1.165) is 38.2 Å². The molecular weight excluding hydrogens is 416 g/mol. The Labute approximate surface area is 197 Å². The number of piperidine rings is 1. The second-order valence-corrected chi connectivity index (χ2v) is 9.26. The number of hydrogen-bond donors (Lipinski definition) is 1. The van der Waals surface area contributed by atoms with Crippen molar-refractivity contribution in [1.29, 1.82) is 0 Å². The van der Waals surface area contributed by atoms with Crippen LogP contribution in [-0.4, -0.2) is 67.6 Å². The van der Waals surface area contributed by atoms with Gasteiger partial charge in [0.2, 0.25) is 5.91 Å². The van der Waals surface area contributed by atoms with E-state index in [0.29, 0.717) is 24.0 Å². The van der Waals surface area contributed by atoms with Crippen LogP contribution in [0, 0.1) is 11.8 Å². The number of carbonyl (C=O) groups is 1. The molecule has 4 rings (SSSR count). The van der Waals surface area contributed by atoms with Crippen LogP contribution in [0.4, 0.5) is 0 Å². The molecule has 0 saturated carbocycles. The zero-order valence-corrected chi connectivity index (χ0v) is 19.8. The van der Waals surface area contributed by atoms with E-state index < -0.39 is 0 Å². The molecule has 1 amide bonds. The zero-order chi connectivity index (χ0) is 23.0. The topological polar surface area (TPSA) is 66.9 Å². The normalized spacial score (nSPS) is 21.6. The summed E-state index contributed by atoms with van der Waals surface area (Å²) < 4.78 is 10.7. The molecule has 7 nitrogen and oxygen atoms in total. The van der Waals surface area contributed by atoms with Crippen LogP contribution < -0.4 is 14.8 Å². The molecule has 7 heteroatoms. The van der Waals surface area contributed by atoms with Gasteiger partial charge in [0.1, 0.15) is 0 Å². The molecule has 2 atom stereocenters. The molecule has 0 aliphatic carbocycles. The lowest BCUT2D eigenvalue weighted by Crippen LogP contribution is -2.48. The SMILES string of the molecule is COc1ccc(CNC(=O)[C@@H]2C[C@H](CN3CCCC3)CN(Cc3ccncc3)C2)cc1OC. The maximum absolute atomic E-state index is 13.2. The summed E-state index contributed by atoms with van der Waals surface area (Å²) in [5.74, 6) is 2.01. The van der Waals surface area contributed by atoms with Crippen LogP contribution >= 0.6 is 0 Å². The summed E-state index contributed by atoms with van der Waals surface area (Å²) >= 11 is 0. The Morgan fingerprint density at radius 1 is 1.00 bits per heavy atom. The van der Waals surface area contributed by atoms with Gasteiger partial charge in [-0.15, -0.1) is 0 Å². The van der Waals surface area contributed by atoms with Crippen LogP contribution in [-0.2, 0) is 17.9 Å². The Kier molecular flexibility index (Phi) is 8.18. The minimum absolute atomic E-state index is 0.00617. The van der Waals surface area contributed by atoms with E-state index in [-0.39, 0.29) is 11.8 Å². The highest BCUT2D eigenvalue weighted by Crippen LogP contribution is 2.28. The maximum Gasteiger partial charge on any atom is 0.224 e. The Morgan fingerprint density at radius 2 is 1.76 bits per heavy atom. The van der Waals surface area contributed by atoms with Crippen molar-refractivity contribution in [2.24, 2.45) is 11.8 Å². The van der Waals surface area contributed by atoms with Gasteiger partial charge in [0, 0.05) is 45.1 Å². The zero-order valence-electron chi connectivity index (χ0n) is 19.8. The number of benzene rings is 1. The number of ether oxygens (including phenoxy) is 2. The molecule has 1 aromatic carbocycles. The molecule has 0 bridgehead atoms. The standard InChI is InChI=1S/C26H36N4O3/c1-32-24-6-5-21(14-25(24)33-2)15-28-26(31)23-13-22(17-29-11-3-4-12-29)18-30(19-23)16-20-7-9-27-10-8-20/h5-10,14,22-23H,3-4,11-13,15-19H2,1-2H3,(H,28,31)/t22-,23-/m1/s1. The number of aromatic nitrogens is 1. The van der Waals surface area contributed by atoms with E-state index in [1.54, 1.807) is 14.2 Å². The number of hydrogen-bond acceptors (Lipinski definition) is 6. The quantitative estimate of drug-likeness (QED) is 0.631. The molecule has 1 aromatic heterocycles. The fraction of sp³-hybridized carbons (Fsp3) is 0.538. The van der Waals surface area contributed by atoms with Crippen LogP contribution in [0.5, 0.6) is 11.5 Å². The summed E-state index contributed by atoms with van der Waals surface area (Å²) in [6.45, 7) is 6.64. The first kappa shape index (κ1) is 23.5. The molecule has 2 aliphatic rings. The summed E-state index contributed by atoms with van der Waals surface area (Å²) in [5, 5.41) is 3.17. The molecule has 0 radical (unpaired) electrons. The third-order valence-electron chi connectivity index (χ3n) is 6.77. The van der Waals surface area contributed by atoms with Crippen molar-refractivity contribution in [1.82, 2.24) is 20.1 Å². The monoisotopic (exact) mass is 452 g/mol. The van der Waals surface area contributed by atoms with Gasteiger partial charge in [0.05, 0.1) is 20.1 Å². The van der Waals surface area contributed by atoms with Gasteiger partial charge in [-0.3, -0.25) is 14.7 Å². The first-order chi connectivity index (χ1) is 16.1. The molecule has 2 fully saturated rings. The molecular formula is C26H36N4O3. The highest BCUT2D eigenvalue weighted by molar-refractivity contribution is 5.79. The lowest BCUT2D eigenvalue weighted by molar-refractivity contribution is -0.127. The minimum atomic E-state index is -0.00617. The lowest BCUT2D eigenvalue weighted by Gasteiger charge is -2.38. The van der Waals surface area contributed by atoms with Crippen molar-refractivity contribution in [2.75, 3.05) is 46.9 Å². The van der Waals surface area contributed by atoms with Gasteiger partial charge in [0.15, 0.2) is 11.5 Å². The van der Waals surface area contributed by atoms with Gasteiger partial charge in [-0.25, -0.2) is 0 Å². The Bertz CT molecular complexity index is 902. The molecule has 33 heavy (non-hydrogen) atoms. The van der Waals surface area contributed by atoms with Gasteiger partial charge in [-0.1, -0.05) is 6.07 Å². The second kappa shape index (κ2) is 11.5. The van der Waals surface area contributed by atoms with Crippen molar-refractivity contribution in [3.63, 3.8) is 0 Å². The highest BCUT2D eigenvalue weighted by atomic mass is 16.5. The fourth-order valence-corrected chi connectivity index (χ4v) is 5.15. The van der Waals surface area contributed by atoms with Crippen molar-refractivity contribution in [2.45, 2.75) is 32.4 Å². The van der Waals surface area contributed by atoms with Crippen LogP contribution in [0.1, 0.15) is 30.4 Å². The third-order valence-corrected chi connectivity index (χ3v) is 6.77. The predicted molar refractivity (Wildman–Crippen MR) is 128 cm³/mol. The van der Waals surface area contributed by atoms with Crippen molar-refractivity contribution >= 4 is 5.91 Å². The average Bonchev–Trinajstić information content (AvgIpc) is 3.35. The summed E-state index contributed by atoms with van der Waals surface area (Å²) in [7, 11) is 3.25. The number of amides is 1. The number of rotatable bonds is 9. The van der Waals surface area contributed by atoms with Gasteiger partial charge in [-0.05, 0) is 73.7 Å². The number of nitrogens with zero attached hydrogens (tertiary/aromatic N) is 3. The van der Waals surface area contributed by atoms with Gasteiger partial charge < -0.3 is 19.7 Å². The Hall–Kier alpha value is -2.64. The Morgan fingerprint density at radius 3 is 2.48 bits per heavy atom. The van der Waals surface area contributed by atoms with E-state index in [4.69, 9.17) is 9.47 Å². The number of likely N-dealkylation sites (tertiary alicyclic amines) is 2. The molecule has 2 aliphatic heterocycles. The number of nitrogens with one attached hydrogen (secondary N) is 1. The fourth-order valence-electron chi connectivity index (χ4n) is 5.15. The van der Waals surface area contributed by atoms with Gasteiger partial charge >= 0.3 is 0 Å². The maximum atomic E-state index is 13.2. The van der Waals surface area contributed by atoms with Crippen LogP contribution in [0.2, 0.25) is 0 Å². The lowest BCUT2D eigenvalue weighted by atomic mass is 9.87. The molecule has 0 spiro atoms. The van der Waals surface area contributed by atoms with E-state index in [2.05, 4.69) is 32.2 Å². The molecule has 2 saturated heterocycles. The van der Waals surface area contributed by atoms with Gasteiger partial charge in [-0.2, -0.15) is 0 Å². The number of methoxy groups -OCH3 is 2.